The minimum Gasteiger partial charge on any atom is -0.340 e. The summed E-state index contributed by atoms with van der Waals surface area (Å²) >= 11 is 0. The van der Waals surface area contributed by atoms with Crippen LogP contribution in [0.1, 0.15) is 0 Å². The highest BCUT2D eigenvalue weighted by atomic mass is 19.1. The molecular weight excluding hydrogens is 200 g/mol. The van der Waals surface area contributed by atoms with E-state index >= 15 is 0 Å². The Morgan fingerprint density at radius 1 is 1.27 bits per heavy atom. The number of nitrogens with one attached hydrogen (secondary N) is 1. The van der Waals surface area contributed by atoms with Crippen LogP contribution in [0, 0.1) is 18.1 Å². The highest BCUT2D eigenvalue weighted by Gasteiger charge is 2.03. The largest absolute Gasteiger partial charge is 0.340 e. The van der Waals surface area contributed by atoms with E-state index in [9.17, 15) is 8.78 Å². The molecule has 0 fully saturated rings. The van der Waals surface area contributed by atoms with Gasteiger partial charge in [-0.05, 0) is 18.2 Å². The Labute approximate surface area is 84.8 Å². The summed E-state index contributed by atoms with van der Waals surface area (Å²) in [6.45, 7) is 0. The van der Waals surface area contributed by atoms with Crippen LogP contribution in [0.5, 0.6) is 0 Å². The summed E-state index contributed by atoms with van der Waals surface area (Å²) in [6.07, 6.45) is -1.10. The Morgan fingerprint density at radius 3 is 2.80 bits per heavy atom. The monoisotopic (exact) mass is 206 g/mol. The van der Waals surface area contributed by atoms with E-state index in [4.69, 9.17) is 0 Å². The van der Waals surface area contributed by atoms with Gasteiger partial charge in [-0.3, -0.25) is 0 Å². The molecule has 15 heavy (non-hydrogen) atoms. The Kier molecular flexibility index (Phi) is 2.53. The summed E-state index contributed by atoms with van der Waals surface area (Å²) in [6, 6.07) is 10.7. The molecule has 0 amide bonds. The number of rotatable bonds is 2. The number of aromatic nitrogens is 2. The predicted octanol–water partition coefficient (Wildman–Crippen LogP) is 2.30. The third-order valence-corrected chi connectivity index (χ3v) is 1.65. The first-order valence-electron chi connectivity index (χ1n) is 4.17. The van der Waals surface area contributed by atoms with Crippen molar-refractivity contribution >= 4 is 11.5 Å². The molecule has 0 saturated heterocycles. The number of anilines is 2. The molecule has 75 valence electrons. The van der Waals surface area contributed by atoms with Gasteiger partial charge in [0.25, 0.3) is 0 Å². The highest BCUT2D eigenvalue weighted by molar-refractivity contribution is 5.54. The molecule has 0 bridgehead atoms. The van der Waals surface area contributed by atoms with Gasteiger partial charge in [0, 0.05) is 11.8 Å². The van der Waals surface area contributed by atoms with E-state index in [1.54, 1.807) is 24.3 Å². The van der Waals surface area contributed by atoms with Crippen LogP contribution in [0.3, 0.4) is 0 Å². The molecule has 3 nitrogen and oxygen atoms in total. The van der Waals surface area contributed by atoms with Crippen molar-refractivity contribution in [3.8, 4) is 0 Å². The Morgan fingerprint density at radius 2 is 2.13 bits per heavy atom. The number of hydrogen-bond acceptors (Lipinski definition) is 3. The number of halogens is 2. The average molecular weight is 206 g/mol. The van der Waals surface area contributed by atoms with Crippen LogP contribution in [0.15, 0.2) is 30.3 Å². The zero-order chi connectivity index (χ0) is 10.7. The molecule has 2 rings (SSSR count). The van der Waals surface area contributed by atoms with Gasteiger partial charge in [-0.15, -0.1) is 0 Å². The predicted molar refractivity (Wildman–Crippen MR) is 50.5 cm³/mol. The zero-order valence-electron chi connectivity index (χ0n) is 7.54. The molecule has 1 N–H and O–H groups in total. The molecule has 0 spiro atoms. The molecule has 0 unspecified atom stereocenters. The fraction of sp³-hybridized carbons (Fsp3) is 0. The van der Waals surface area contributed by atoms with Gasteiger partial charge in [-0.1, -0.05) is 12.1 Å². The van der Waals surface area contributed by atoms with Crippen LogP contribution in [-0.4, -0.2) is 9.97 Å². The lowest BCUT2D eigenvalue weighted by molar-refractivity contribution is 0.485. The van der Waals surface area contributed by atoms with Crippen molar-refractivity contribution in [3.63, 3.8) is 0 Å². The number of benzene rings is 1. The normalized spacial score (nSPS) is 10.0. The Bertz CT molecular complexity index is 439. The van der Waals surface area contributed by atoms with E-state index in [-0.39, 0.29) is 5.82 Å². The van der Waals surface area contributed by atoms with Crippen LogP contribution >= 0.6 is 0 Å². The number of nitrogens with zero attached hydrogens (tertiary/aromatic N) is 2. The zero-order valence-corrected chi connectivity index (χ0v) is 7.54. The average Bonchev–Trinajstić information content (AvgIpc) is 2.17. The minimum atomic E-state index is -1.10. The van der Waals surface area contributed by atoms with Crippen molar-refractivity contribution in [3.05, 3.63) is 48.4 Å². The van der Waals surface area contributed by atoms with Gasteiger partial charge in [-0.25, -0.2) is 0 Å². The summed E-state index contributed by atoms with van der Waals surface area (Å²) < 4.78 is 25.3. The van der Waals surface area contributed by atoms with Gasteiger partial charge in [-0.2, -0.15) is 18.7 Å². The third-order valence-electron chi connectivity index (χ3n) is 1.65. The van der Waals surface area contributed by atoms with Gasteiger partial charge < -0.3 is 5.32 Å². The summed E-state index contributed by atoms with van der Waals surface area (Å²) in [5.74, 6) is -0.843. The van der Waals surface area contributed by atoms with E-state index < -0.39 is 12.0 Å². The van der Waals surface area contributed by atoms with E-state index in [0.29, 0.717) is 5.69 Å². The second-order valence-electron chi connectivity index (χ2n) is 2.76. The second kappa shape index (κ2) is 4.00. The van der Waals surface area contributed by atoms with E-state index in [1.807, 2.05) is 0 Å². The minimum absolute atomic E-state index is 0.0691. The van der Waals surface area contributed by atoms with Crippen molar-refractivity contribution in [1.82, 2.24) is 9.97 Å². The van der Waals surface area contributed by atoms with E-state index in [2.05, 4.69) is 21.4 Å². The van der Waals surface area contributed by atoms with Gasteiger partial charge >= 0.3 is 6.08 Å². The lowest BCUT2D eigenvalue weighted by atomic mass is 10.3. The molecule has 0 aliphatic carbocycles. The Hall–Kier alpha value is -2.04. The van der Waals surface area contributed by atoms with Gasteiger partial charge in [0.15, 0.2) is 0 Å². The summed E-state index contributed by atoms with van der Waals surface area (Å²) in [5, 5.41) is 2.72. The molecule has 1 heterocycles. The molecule has 0 aliphatic heterocycles. The van der Waals surface area contributed by atoms with Gasteiger partial charge in [0.1, 0.15) is 5.82 Å². The molecule has 0 atom stereocenters. The first-order chi connectivity index (χ1) is 7.24. The van der Waals surface area contributed by atoms with E-state index in [1.165, 1.54) is 0 Å². The van der Waals surface area contributed by atoms with Crippen LogP contribution in [-0.2, 0) is 0 Å². The van der Waals surface area contributed by atoms with Crippen LogP contribution < -0.4 is 5.32 Å². The van der Waals surface area contributed by atoms with Crippen molar-refractivity contribution in [2.45, 2.75) is 0 Å². The van der Waals surface area contributed by atoms with Crippen molar-refractivity contribution in [2.75, 3.05) is 5.32 Å². The maximum Gasteiger partial charge on any atom is 0.313 e. The van der Waals surface area contributed by atoms with Crippen molar-refractivity contribution in [1.29, 1.82) is 0 Å². The molecule has 5 heteroatoms. The maximum atomic E-state index is 12.7. The summed E-state index contributed by atoms with van der Waals surface area (Å²) in [4.78, 5) is 6.27. The van der Waals surface area contributed by atoms with Crippen molar-refractivity contribution in [2.24, 2.45) is 0 Å². The number of hydrogen-bond donors (Lipinski definition) is 1. The molecule has 0 saturated carbocycles. The Balaban J connectivity index is 2.25. The van der Waals surface area contributed by atoms with Crippen LogP contribution in [0.2, 0.25) is 0 Å². The molecule has 0 aliphatic rings. The third kappa shape index (κ3) is 2.46. The second-order valence-corrected chi connectivity index (χ2v) is 2.76. The topological polar surface area (TPSA) is 37.8 Å². The van der Waals surface area contributed by atoms with Crippen molar-refractivity contribution < 1.29 is 8.78 Å². The van der Waals surface area contributed by atoms with E-state index in [0.717, 1.165) is 6.07 Å². The smallest absolute Gasteiger partial charge is 0.313 e. The lowest BCUT2D eigenvalue weighted by Gasteiger charge is -2.04. The molecule has 1 aromatic carbocycles. The molecular formula is C10H6F2N3. The molecule has 1 radical (unpaired) electrons. The summed E-state index contributed by atoms with van der Waals surface area (Å²) in [7, 11) is 0. The van der Waals surface area contributed by atoms with Gasteiger partial charge in [0.05, 0.1) is 0 Å². The van der Waals surface area contributed by atoms with Crippen LogP contribution in [0.25, 0.3) is 0 Å². The fourth-order valence-electron chi connectivity index (χ4n) is 1.07. The lowest BCUT2D eigenvalue weighted by Crippen LogP contribution is -1.99. The fourth-order valence-corrected chi connectivity index (χ4v) is 1.07. The molecule has 2 aromatic rings. The first kappa shape index (κ1) is 9.51. The molecule has 1 aromatic heterocycles. The standard InChI is InChI=1S/C10H6F2N3/c11-8-6-9(15-10(12)14-8)13-7-4-2-1-3-5-7/h1-2,4-6H,(H,13,14,15). The van der Waals surface area contributed by atoms with Crippen LogP contribution in [0.4, 0.5) is 20.3 Å². The van der Waals surface area contributed by atoms with Gasteiger partial charge in [0.2, 0.25) is 5.95 Å². The first-order valence-corrected chi connectivity index (χ1v) is 4.17. The quantitative estimate of drug-likeness (QED) is 0.605. The maximum absolute atomic E-state index is 12.7. The highest BCUT2D eigenvalue weighted by Crippen LogP contribution is 2.13. The SMILES string of the molecule is Fc1cc(Nc2c[c]ccc2)nc(F)n1. The summed E-state index contributed by atoms with van der Waals surface area (Å²) in [5.41, 5.74) is 0.648.